The SMILES string of the molecule is CNC(=O)c1cc(C(=O)N[C@H]2CC[C@H](O)[C@@H](C)C2)c(C(C)c2ccccc2)o1. The Balaban J connectivity index is 1.87. The highest BCUT2D eigenvalue weighted by atomic mass is 16.4. The molecule has 0 bridgehead atoms. The molecule has 4 atom stereocenters. The van der Waals surface area contributed by atoms with Crippen molar-refractivity contribution in [3.63, 3.8) is 0 Å². The number of carbonyl (C=O) groups is 2. The van der Waals surface area contributed by atoms with Gasteiger partial charge in [0.15, 0.2) is 5.76 Å². The Hall–Kier alpha value is -2.60. The maximum absolute atomic E-state index is 13.0. The largest absolute Gasteiger partial charge is 0.454 e. The highest BCUT2D eigenvalue weighted by Crippen LogP contribution is 2.30. The molecule has 1 unspecified atom stereocenters. The van der Waals surface area contributed by atoms with Gasteiger partial charge in [0.1, 0.15) is 5.76 Å². The zero-order valence-corrected chi connectivity index (χ0v) is 16.6. The predicted octanol–water partition coefficient (Wildman–Crippen LogP) is 3.07. The standard InChI is InChI=1S/C22H28N2O4/c1-13-11-16(9-10-18(13)25)24-21(26)17-12-19(22(27)23-3)28-20(17)14(2)15-7-5-4-6-8-15/h4-8,12-14,16,18,25H,9-11H2,1-3H3,(H,23,27)(H,24,26)/t13-,14?,16-,18-/m0/s1. The number of furan rings is 1. The number of aliphatic hydroxyl groups excluding tert-OH is 1. The van der Waals surface area contributed by atoms with Gasteiger partial charge in [-0.25, -0.2) is 0 Å². The number of hydrogen-bond donors (Lipinski definition) is 3. The summed E-state index contributed by atoms with van der Waals surface area (Å²) in [6, 6.07) is 11.3. The highest BCUT2D eigenvalue weighted by molar-refractivity contribution is 5.99. The van der Waals surface area contributed by atoms with E-state index in [2.05, 4.69) is 10.6 Å². The molecule has 3 N–H and O–H groups in total. The van der Waals surface area contributed by atoms with Crippen LogP contribution in [0.5, 0.6) is 0 Å². The minimum atomic E-state index is -0.366. The fourth-order valence-corrected chi connectivity index (χ4v) is 3.81. The van der Waals surface area contributed by atoms with E-state index in [-0.39, 0.29) is 41.6 Å². The molecule has 1 aliphatic rings. The van der Waals surface area contributed by atoms with Crippen LogP contribution < -0.4 is 10.6 Å². The number of benzene rings is 1. The number of carbonyl (C=O) groups excluding carboxylic acids is 2. The Bertz CT molecular complexity index is 830. The zero-order chi connectivity index (χ0) is 20.3. The van der Waals surface area contributed by atoms with Crippen molar-refractivity contribution in [2.75, 3.05) is 7.05 Å². The lowest BCUT2D eigenvalue weighted by Gasteiger charge is -2.31. The van der Waals surface area contributed by atoms with Crippen molar-refractivity contribution in [3.8, 4) is 0 Å². The minimum absolute atomic E-state index is 0.00383. The van der Waals surface area contributed by atoms with E-state index in [1.807, 2.05) is 44.2 Å². The first-order chi connectivity index (χ1) is 13.4. The van der Waals surface area contributed by atoms with Gasteiger partial charge in [-0.15, -0.1) is 0 Å². The summed E-state index contributed by atoms with van der Waals surface area (Å²) in [5.41, 5.74) is 1.39. The Kier molecular flexibility index (Phi) is 6.19. The number of nitrogens with one attached hydrogen (secondary N) is 2. The lowest BCUT2D eigenvalue weighted by Crippen LogP contribution is -2.41. The summed E-state index contributed by atoms with van der Waals surface area (Å²) in [7, 11) is 1.53. The monoisotopic (exact) mass is 384 g/mol. The summed E-state index contributed by atoms with van der Waals surface area (Å²) in [4.78, 5) is 25.1. The van der Waals surface area contributed by atoms with Crippen LogP contribution >= 0.6 is 0 Å². The normalized spacial score (nSPS) is 23.1. The molecule has 6 heteroatoms. The minimum Gasteiger partial charge on any atom is -0.454 e. The summed E-state index contributed by atoms with van der Waals surface area (Å²) in [6.07, 6.45) is 1.84. The Morgan fingerprint density at radius 1 is 1.18 bits per heavy atom. The fourth-order valence-electron chi connectivity index (χ4n) is 3.81. The Labute approximate surface area is 165 Å². The molecule has 0 radical (unpaired) electrons. The highest BCUT2D eigenvalue weighted by Gasteiger charge is 2.30. The number of amides is 2. The van der Waals surface area contributed by atoms with Crippen molar-refractivity contribution in [3.05, 3.63) is 59.0 Å². The average Bonchev–Trinajstić information content (AvgIpc) is 3.16. The van der Waals surface area contributed by atoms with Crippen LogP contribution in [0.25, 0.3) is 0 Å². The van der Waals surface area contributed by atoms with E-state index in [1.165, 1.54) is 13.1 Å². The van der Waals surface area contributed by atoms with Crippen LogP contribution in [-0.4, -0.2) is 36.1 Å². The molecule has 1 aromatic heterocycles. The van der Waals surface area contributed by atoms with Gasteiger partial charge in [0, 0.05) is 25.1 Å². The van der Waals surface area contributed by atoms with Crippen LogP contribution in [0.4, 0.5) is 0 Å². The second-order valence-corrected chi connectivity index (χ2v) is 7.63. The molecule has 1 saturated carbocycles. The molecule has 2 aromatic rings. The second-order valence-electron chi connectivity index (χ2n) is 7.63. The molecule has 1 aromatic carbocycles. The quantitative estimate of drug-likeness (QED) is 0.739. The van der Waals surface area contributed by atoms with Gasteiger partial charge < -0.3 is 20.2 Å². The second kappa shape index (κ2) is 8.61. The number of rotatable bonds is 5. The molecule has 6 nitrogen and oxygen atoms in total. The van der Waals surface area contributed by atoms with Crippen molar-refractivity contribution in [1.29, 1.82) is 0 Å². The van der Waals surface area contributed by atoms with Crippen molar-refractivity contribution >= 4 is 11.8 Å². The van der Waals surface area contributed by atoms with Crippen molar-refractivity contribution in [2.24, 2.45) is 5.92 Å². The smallest absolute Gasteiger partial charge is 0.286 e. The maximum Gasteiger partial charge on any atom is 0.286 e. The van der Waals surface area contributed by atoms with Crippen LogP contribution in [0, 0.1) is 5.92 Å². The Morgan fingerprint density at radius 2 is 1.89 bits per heavy atom. The molecular weight excluding hydrogens is 356 g/mol. The van der Waals surface area contributed by atoms with Gasteiger partial charge in [-0.3, -0.25) is 9.59 Å². The molecule has 1 aliphatic carbocycles. The molecule has 3 rings (SSSR count). The molecule has 0 spiro atoms. The number of aliphatic hydroxyl groups is 1. The van der Waals surface area contributed by atoms with Crippen LogP contribution in [0.15, 0.2) is 40.8 Å². The lowest BCUT2D eigenvalue weighted by molar-refractivity contribution is 0.0615. The van der Waals surface area contributed by atoms with Gasteiger partial charge in [0.05, 0.1) is 11.7 Å². The van der Waals surface area contributed by atoms with Crippen molar-refractivity contribution in [1.82, 2.24) is 10.6 Å². The first-order valence-corrected chi connectivity index (χ1v) is 9.80. The molecule has 0 aliphatic heterocycles. The lowest BCUT2D eigenvalue weighted by atomic mass is 9.84. The summed E-state index contributed by atoms with van der Waals surface area (Å²) < 4.78 is 5.82. The fraction of sp³-hybridized carbons (Fsp3) is 0.455. The molecular formula is C22H28N2O4. The van der Waals surface area contributed by atoms with Gasteiger partial charge in [0.25, 0.3) is 11.8 Å². The van der Waals surface area contributed by atoms with E-state index in [1.54, 1.807) is 0 Å². The van der Waals surface area contributed by atoms with Crippen LogP contribution in [0.1, 0.15) is 71.3 Å². The van der Waals surface area contributed by atoms with E-state index >= 15 is 0 Å². The Morgan fingerprint density at radius 3 is 2.54 bits per heavy atom. The predicted molar refractivity (Wildman–Crippen MR) is 106 cm³/mol. The third kappa shape index (κ3) is 4.28. The summed E-state index contributed by atoms with van der Waals surface area (Å²) in [5.74, 6) is -0.0377. The van der Waals surface area contributed by atoms with E-state index in [4.69, 9.17) is 4.42 Å². The molecule has 2 amide bonds. The van der Waals surface area contributed by atoms with Gasteiger partial charge in [-0.05, 0) is 30.7 Å². The van der Waals surface area contributed by atoms with Crippen molar-refractivity contribution in [2.45, 2.75) is 51.2 Å². The topological polar surface area (TPSA) is 91.6 Å². The van der Waals surface area contributed by atoms with E-state index in [0.717, 1.165) is 18.4 Å². The molecule has 1 fully saturated rings. The van der Waals surface area contributed by atoms with Gasteiger partial charge in [0.2, 0.25) is 0 Å². The maximum atomic E-state index is 13.0. The zero-order valence-electron chi connectivity index (χ0n) is 16.6. The first-order valence-electron chi connectivity index (χ1n) is 9.80. The van der Waals surface area contributed by atoms with Crippen LogP contribution in [0.2, 0.25) is 0 Å². The first kappa shape index (κ1) is 20.1. The molecule has 1 heterocycles. The van der Waals surface area contributed by atoms with Gasteiger partial charge in [-0.1, -0.05) is 44.2 Å². The third-order valence-electron chi connectivity index (χ3n) is 5.61. The van der Waals surface area contributed by atoms with Crippen LogP contribution in [-0.2, 0) is 0 Å². The van der Waals surface area contributed by atoms with Gasteiger partial charge >= 0.3 is 0 Å². The van der Waals surface area contributed by atoms with Crippen molar-refractivity contribution < 1.29 is 19.1 Å². The van der Waals surface area contributed by atoms with Gasteiger partial charge in [-0.2, -0.15) is 0 Å². The summed E-state index contributed by atoms with van der Waals surface area (Å²) in [6.45, 7) is 3.95. The van der Waals surface area contributed by atoms with Crippen LogP contribution in [0.3, 0.4) is 0 Å². The van der Waals surface area contributed by atoms with E-state index < -0.39 is 0 Å². The van der Waals surface area contributed by atoms with E-state index in [0.29, 0.717) is 17.7 Å². The summed E-state index contributed by atoms with van der Waals surface area (Å²) in [5, 5.41) is 15.5. The third-order valence-corrected chi connectivity index (χ3v) is 5.61. The summed E-state index contributed by atoms with van der Waals surface area (Å²) >= 11 is 0. The molecule has 28 heavy (non-hydrogen) atoms. The number of hydrogen-bond acceptors (Lipinski definition) is 4. The van der Waals surface area contributed by atoms with E-state index in [9.17, 15) is 14.7 Å². The molecule has 150 valence electrons. The molecule has 0 saturated heterocycles. The average molecular weight is 384 g/mol.